The molecule has 0 atom stereocenters. The second kappa shape index (κ2) is 8.83. The first-order valence-corrected chi connectivity index (χ1v) is 9.32. The number of amides is 1. The van der Waals surface area contributed by atoms with Crippen LogP contribution < -0.4 is 14.8 Å². The van der Waals surface area contributed by atoms with Gasteiger partial charge in [-0.2, -0.15) is 5.10 Å². The number of aromatic nitrogens is 2. The molecule has 1 N–H and O–H groups in total. The van der Waals surface area contributed by atoms with Gasteiger partial charge in [-0.15, -0.1) is 0 Å². The van der Waals surface area contributed by atoms with Crippen molar-refractivity contribution in [2.45, 2.75) is 19.9 Å². The van der Waals surface area contributed by atoms with E-state index in [0.29, 0.717) is 11.4 Å². The molecule has 0 unspecified atom stereocenters. The lowest BCUT2D eigenvalue weighted by Gasteiger charge is -2.14. The number of methoxy groups -OCH3 is 1. The van der Waals surface area contributed by atoms with E-state index in [9.17, 15) is 14.9 Å². The zero-order valence-electron chi connectivity index (χ0n) is 16.5. The van der Waals surface area contributed by atoms with Crippen LogP contribution in [0.4, 0.5) is 11.5 Å². The smallest absolute Gasteiger partial charge is 0.313 e. The van der Waals surface area contributed by atoms with Gasteiger partial charge in [0.05, 0.1) is 18.2 Å². The Morgan fingerprint density at radius 1 is 1.17 bits per heavy atom. The van der Waals surface area contributed by atoms with Crippen molar-refractivity contribution in [2.75, 3.05) is 12.4 Å². The van der Waals surface area contributed by atoms with Gasteiger partial charge in [-0.25, -0.2) is 4.68 Å². The number of hydrogen-bond donors (Lipinski definition) is 1. The summed E-state index contributed by atoms with van der Waals surface area (Å²) in [6.07, 6.45) is 1.60. The maximum Gasteiger partial charge on any atom is 0.313 e. The van der Waals surface area contributed by atoms with Crippen molar-refractivity contribution in [3.8, 4) is 17.2 Å². The summed E-state index contributed by atoms with van der Waals surface area (Å²) < 4.78 is 12.7. The summed E-state index contributed by atoms with van der Waals surface area (Å²) in [6.45, 7) is 3.90. The number of halogens is 1. The minimum absolute atomic E-state index is 0.000682. The number of anilines is 1. The normalized spacial score (nSPS) is 10.7. The number of carbonyl (C=O) groups excluding carboxylic acids is 1. The van der Waals surface area contributed by atoms with Crippen LogP contribution in [0.25, 0.3) is 0 Å². The fraction of sp³-hybridized carbons (Fsp3) is 0.200. The summed E-state index contributed by atoms with van der Waals surface area (Å²) in [5.41, 5.74) is 0.0367. The fourth-order valence-electron chi connectivity index (χ4n) is 2.74. The third-order valence-electron chi connectivity index (χ3n) is 4.16. The molecular weight excluding hydrogens is 412 g/mol. The standard InChI is InChI=1S/C20H19ClN4O5/c1-12(2)24-19(8-9-22-24)23-20(26)13-4-6-17(18(10-13)29-3)30-16-7-5-14(21)11-15(16)25(27)28/h4-12H,1-3H3,(H,23,26). The highest BCUT2D eigenvalue weighted by Crippen LogP contribution is 2.38. The third kappa shape index (κ3) is 4.52. The van der Waals surface area contributed by atoms with Gasteiger partial charge in [-0.1, -0.05) is 11.6 Å². The van der Waals surface area contributed by atoms with Gasteiger partial charge >= 0.3 is 5.69 Å². The molecule has 2 aromatic carbocycles. The predicted molar refractivity (Wildman–Crippen MR) is 112 cm³/mol. The van der Waals surface area contributed by atoms with Crippen molar-refractivity contribution < 1.29 is 19.2 Å². The van der Waals surface area contributed by atoms with Gasteiger partial charge in [-0.05, 0) is 44.2 Å². The van der Waals surface area contributed by atoms with Gasteiger partial charge < -0.3 is 14.8 Å². The molecule has 0 saturated heterocycles. The molecule has 30 heavy (non-hydrogen) atoms. The van der Waals surface area contributed by atoms with Crippen molar-refractivity contribution in [3.63, 3.8) is 0 Å². The van der Waals surface area contributed by atoms with E-state index in [-0.39, 0.29) is 39.9 Å². The van der Waals surface area contributed by atoms with Crippen molar-refractivity contribution >= 4 is 29.0 Å². The maximum absolute atomic E-state index is 12.7. The summed E-state index contributed by atoms with van der Waals surface area (Å²) in [5, 5.41) is 18.5. The average Bonchev–Trinajstić information content (AvgIpc) is 3.17. The Bertz CT molecular complexity index is 1100. The molecule has 0 aliphatic carbocycles. The first-order valence-electron chi connectivity index (χ1n) is 8.95. The molecule has 10 heteroatoms. The van der Waals surface area contributed by atoms with Crippen molar-refractivity contribution in [1.82, 2.24) is 9.78 Å². The summed E-state index contributed by atoms with van der Waals surface area (Å²) in [7, 11) is 1.41. The molecule has 0 spiro atoms. The lowest BCUT2D eigenvalue weighted by Crippen LogP contribution is -2.16. The molecule has 9 nitrogen and oxygen atoms in total. The first-order chi connectivity index (χ1) is 14.3. The molecule has 0 aliphatic rings. The van der Waals surface area contributed by atoms with Crippen LogP contribution in [0.2, 0.25) is 5.02 Å². The van der Waals surface area contributed by atoms with E-state index in [1.54, 1.807) is 16.9 Å². The van der Waals surface area contributed by atoms with Gasteiger partial charge in [0.2, 0.25) is 5.75 Å². The number of nitrogens with zero attached hydrogens (tertiary/aromatic N) is 3. The van der Waals surface area contributed by atoms with E-state index >= 15 is 0 Å². The molecular formula is C20H19ClN4O5. The summed E-state index contributed by atoms with van der Waals surface area (Å²) in [5.74, 6) is 0.655. The van der Waals surface area contributed by atoms with Gasteiger partial charge in [0, 0.05) is 28.8 Å². The number of nitro benzene ring substituents is 1. The summed E-state index contributed by atoms with van der Waals surface area (Å²) >= 11 is 5.83. The topological polar surface area (TPSA) is 109 Å². The quantitative estimate of drug-likeness (QED) is 0.413. The molecule has 1 amide bonds. The summed E-state index contributed by atoms with van der Waals surface area (Å²) in [4.78, 5) is 23.3. The van der Waals surface area contributed by atoms with E-state index in [1.807, 2.05) is 13.8 Å². The van der Waals surface area contributed by atoms with Crippen molar-refractivity contribution in [2.24, 2.45) is 0 Å². The van der Waals surface area contributed by atoms with Crippen LogP contribution >= 0.6 is 11.6 Å². The van der Waals surface area contributed by atoms with Crippen LogP contribution in [0, 0.1) is 10.1 Å². The lowest BCUT2D eigenvalue weighted by molar-refractivity contribution is -0.385. The molecule has 0 saturated carbocycles. The Labute approximate surface area is 177 Å². The van der Waals surface area contributed by atoms with E-state index in [1.165, 1.54) is 43.5 Å². The van der Waals surface area contributed by atoms with Crippen LogP contribution in [0.5, 0.6) is 17.2 Å². The number of hydrogen-bond acceptors (Lipinski definition) is 6. The average molecular weight is 431 g/mol. The van der Waals surface area contributed by atoms with Crippen LogP contribution in [0.1, 0.15) is 30.2 Å². The maximum atomic E-state index is 12.7. The van der Waals surface area contributed by atoms with Gasteiger partial charge in [0.15, 0.2) is 11.5 Å². The van der Waals surface area contributed by atoms with Crippen LogP contribution in [-0.2, 0) is 0 Å². The van der Waals surface area contributed by atoms with Crippen LogP contribution in [-0.4, -0.2) is 27.7 Å². The summed E-state index contributed by atoms with van der Waals surface area (Å²) in [6, 6.07) is 10.4. The molecule has 1 heterocycles. The molecule has 0 aliphatic heterocycles. The predicted octanol–water partition coefficient (Wildman–Crippen LogP) is 5.08. The Morgan fingerprint density at radius 3 is 2.57 bits per heavy atom. The lowest BCUT2D eigenvalue weighted by atomic mass is 10.2. The zero-order valence-corrected chi connectivity index (χ0v) is 17.2. The second-order valence-electron chi connectivity index (χ2n) is 6.55. The molecule has 3 aromatic rings. The molecule has 0 radical (unpaired) electrons. The van der Waals surface area contributed by atoms with Gasteiger partial charge in [0.25, 0.3) is 5.91 Å². The highest BCUT2D eigenvalue weighted by atomic mass is 35.5. The minimum Gasteiger partial charge on any atom is -0.493 e. The molecule has 3 rings (SSSR count). The molecule has 1 aromatic heterocycles. The number of ether oxygens (including phenoxy) is 2. The van der Waals surface area contributed by atoms with Gasteiger partial charge in [-0.3, -0.25) is 14.9 Å². The largest absolute Gasteiger partial charge is 0.493 e. The Kier molecular flexibility index (Phi) is 6.22. The van der Waals surface area contributed by atoms with Crippen LogP contribution in [0.15, 0.2) is 48.7 Å². The van der Waals surface area contributed by atoms with Crippen LogP contribution in [0.3, 0.4) is 0 Å². The van der Waals surface area contributed by atoms with E-state index < -0.39 is 4.92 Å². The molecule has 0 fully saturated rings. The minimum atomic E-state index is -0.590. The number of rotatable bonds is 7. The Morgan fingerprint density at radius 2 is 1.90 bits per heavy atom. The Balaban J connectivity index is 1.86. The zero-order chi connectivity index (χ0) is 21.8. The number of nitro groups is 1. The van der Waals surface area contributed by atoms with E-state index in [2.05, 4.69) is 10.4 Å². The third-order valence-corrected chi connectivity index (χ3v) is 4.40. The van der Waals surface area contributed by atoms with Crippen molar-refractivity contribution in [1.29, 1.82) is 0 Å². The number of benzene rings is 2. The van der Waals surface area contributed by atoms with E-state index in [4.69, 9.17) is 21.1 Å². The van der Waals surface area contributed by atoms with Crippen molar-refractivity contribution in [3.05, 3.63) is 69.4 Å². The second-order valence-corrected chi connectivity index (χ2v) is 6.98. The molecule has 156 valence electrons. The van der Waals surface area contributed by atoms with Gasteiger partial charge in [0.1, 0.15) is 5.82 Å². The highest BCUT2D eigenvalue weighted by molar-refractivity contribution is 6.30. The number of nitrogens with one attached hydrogen (secondary N) is 1. The SMILES string of the molecule is COc1cc(C(=O)Nc2ccnn2C(C)C)ccc1Oc1ccc(Cl)cc1[N+](=O)[O-]. The monoisotopic (exact) mass is 430 g/mol. The first kappa shape index (κ1) is 21.1. The Hall–Kier alpha value is -3.59. The van der Waals surface area contributed by atoms with E-state index in [0.717, 1.165) is 0 Å². The highest BCUT2D eigenvalue weighted by Gasteiger charge is 2.19. The fourth-order valence-corrected chi connectivity index (χ4v) is 2.91. The number of carbonyl (C=O) groups is 1. The molecule has 0 bridgehead atoms.